The van der Waals surface area contributed by atoms with Crippen molar-refractivity contribution in [3.05, 3.63) is 23.0 Å². The minimum absolute atomic E-state index is 0.106. The third-order valence-corrected chi connectivity index (χ3v) is 9.89. The number of H-pyrrole nitrogens is 1. The minimum Gasteiger partial charge on any atom is -0.396 e. The molecule has 2 saturated heterocycles. The third-order valence-electron chi connectivity index (χ3n) is 7.54. The zero-order valence-corrected chi connectivity index (χ0v) is 28.4. The van der Waals surface area contributed by atoms with E-state index in [1.165, 1.54) is 12.7 Å². The quantitative estimate of drug-likeness (QED) is 0.0629. The highest BCUT2D eigenvalue weighted by molar-refractivity contribution is 8.44. The second kappa shape index (κ2) is 13.9. The molecule has 2 aliphatic heterocycles. The Morgan fingerprint density at radius 1 is 1.27 bits per heavy atom. The van der Waals surface area contributed by atoms with Crippen LogP contribution in [0.15, 0.2) is 17.4 Å². The number of hydrogen-bond acceptors (Lipinski definition) is 18. The standard InChI is InChI=1S/C22H30FN11O10P2S2/c1-22(4-10(39-8-40-45(37)47)19(43-22)33-7-28-12-15(24)26-6-27-16(12)33)5-41-46(38,48)44-14-11(23)9(2-3-35)42-20(14)34-17-13(31-32-34)18(36)30-21(25)29-17/h6-7,9-11,14,19-20,35,45H,2-5,8H2,1H3,(H,37,47)(H,38,48)(H2,24,26,27)(H3,25,29,30,36)/t9-,10-,11+,14-,19-,20-,22-,46?/m1/s1. The molecule has 0 saturated carbocycles. The number of aromatic nitrogens is 9. The van der Waals surface area contributed by atoms with Crippen LogP contribution in [-0.4, -0.2) is 99.7 Å². The van der Waals surface area contributed by atoms with Gasteiger partial charge in [0.25, 0.3) is 5.56 Å². The van der Waals surface area contributed by atoms with Gasteiger partial charge in [0, 0.05) is 13.0 Å². The van der Waals surface area contributed by atoms with Gasteiger partial charge in [-0.15, -0.1) is 5.10 Å². The molecule has 2 fully saturated rings. The molecule has 0 radical (unpaired) electrons. The first kappa shape index (κ1) is 35.1. The van der Waals surface area contributed by atoms with Gasteiger partial charge in [-0.25, -0.2) is 23.9 Å². The van der Waals surface area contributed by atoms with E-state index in [1.807, 2.05) is 0 Å². The molecule has 9 atom stereocenters. The number of aliphatic hydroxyl groups is 1. The van der Waals surface area contributed by atoms with Crippen molar-refractivity contribution in [2.45, 2.75) is 62.3 Å². The third kappa shape index (κ3) is 7.10. The first-order valence-corrected chi connectivity index (χ1v) is 19.3. The first-order valence-electron chi connectivity index (χ1n) is 14.0. The molecule has 0 spiro atoms. The van der Waals surface area contributed by atoms with E-state index in [0.717, 1.165) is 4.68 Å². The number of nitrogen functional groups attached to an aromatic ring is 2. The average molecular weight is 754 g/mol. The van der Waals surface area contributed by atoms with Crippen molar-refractivity contribution < 1.29 is 46.4 Å². The zero-order chi connectivity index (χ0) is 34.4. The smallest absolute Gasteiger partial charge is 0.386 e. The molecule has 6 heterocycles. The van der Waals surface area contributed by atoms with Crippen LogP contribution >= 0.6 is 38.5 Å². The zero-order valence-electron chi connectivity index (χ0n) is 24.7. The summed E-state index contributed by atoms with van der Waals surface area (Å²) < 4.78 is 77.4. The number of thiol groups is 2. The van der Waals surface area contributed by atoms with Gasteiger partial charge in [0.15, 0.2) is 48.0 Å². The molecule has 48 heavy (non-hydrogen) atoms. The van der Waals surface area contributed by atoms with Gasteiger partial charge in [0.1, 0.15) is 24.1 Å². The average Bonchev–Trinajstić information content (AvgIpc) is 3.78. The Morgan fingerprint density at radius 2 is 2.06 bits per heavy atom. The number of alkyl halides is 1. The molecule has 0 amide bonds. The van der Waals surface area contributed by atoms with E-state index in [-0.39, 0.29) is 42.6 Å². The monoisotopic (exact) mass is 753 g/mol. The highest BCUT2D eigenvalue weighted by Gasteiger charge is 2.52. The molecule has 0 aliphatic carbocycles. The number of aliphatic hydroxyl groups excluding tert-OH is 1. The minimum atomic E-state index is -4.43. The molecule has 0 bridgehead atoms. The van der Waals surface area contributed by atoms with Crippen molar-refractivity contribution in [1.82, 2.24) is 44.5 Å². The summed E-state index contributed by atoms with van der Waals surface area (Å²) in [4.78, 5) is 31.0. The van der Waals surface area contributed by atoms with E-state index < -0.39 is 75.3 Å². The Morgan fingerprint density at radius 3 is 2.81 bits per heavy atom. The fourth-order valence-electron chi connectivity index (χ4n) is 5.43. The Labute approximate surface area is 279 Å². The summed E-state index contributed by atoms with van der Waals surface area (Å²) in [6, 6.07) is 0. The number of imidazole rings is 1. The molecule has 21 nitrogen and oxygen atoms in total. The van der Waals surface area contributed by atoms with Crippen LogP contribution in [0.3, 0.4) is 0 Å². The number of aromatic amines is 1. The van der Waals surface area contributed by atoms with Gasteiger partial charge in [-0.05, 0) is 13.3 Å². The van der Waals surface area contributed by atoms with Crippen LogP contribution in [0.25, 0.3) is 22.3 Å². The van der Waals surface area contributed by atoms with Crippen molar-refractivity contribution in [3.63, 3.8) is 0 Å². The molecule has 2 unspecified atom stereocenters. The first-order chi connectivity index (χ1) is 22.8. The number of nitrogens with zero attached hydrogens (tertiary/aromatic N) is 8. The second-order valence-electron chi connectivity index (χ2n) is 11.0. The maximum atomic E-state index is 15.7. The van der Waals surface area contributed by atoms with Gasteiger partial charge < -0.3 is 30.8 Å². The number of ether oxygens (including phenoxy) is 3. The predicted molar refractivity (Wildman–Crippen MR) is 170 cm³/mol. The summed E-state index contributed by atoms with van der Waals surface area (Å²) in [7, 11) is -2.61. The predicted octanol–water partition coefficient (Wildman–Crippen LogP) is 0.933. The van der Waals surface area contributed by atoms with Gasteiger partial charge in [-0.1, -0.05) is 29.7 Å². The van der Waals surface area contributed by atoms with Gasteiger partial charge in [-0.3, -0.25) is 32.5 Å². The fourth-order valence-corrected chi connectivity index (χ4v) is 7.28. The number of rotatable bonds is 13. The maximum absolute atomic E-state index is 15.7. The Hall–Kier alpha value is -2.76. The Bertz CT molecular complexity index is 1940. The van der Waals surface area contributed by atoms with Gasteiger partial charge in [-0.2, -0.15) is 9.67 Å². The van der Waals surface area contributed by atoms with Crippen LogP contribution in [-0.2, 0) is 36.9 Å². The van der Waals surface area contributed by atoms with Crippen LogP contribution in [0, 0.1) is 0 Å². The molecule has 262 valence electrons. The summed E-state index contributed by atoms with van der Waals surface area (Å²) in [6.45, 7) is -4.04. The van der Waals surface area contributed by atoms with Crippen LogP contribution in [0.4, 0.5) is 16.2 Å². The lowest BCUT2D eigenvalue weighted by molar-refractivity contribution is -0.117. The molecule has 0 aromatic carbocycles. The number of nitrogens with two attached hydrogens (primary N) is 2. The van der Waals surface area contributed by atoms with E-state index in [1.54, 1.807) is 11.5 Å². The lowest BCUT2D eigenvalue weighted by Crippen LogP contribution is -2.33. The van der Waals surface area contributed by atoms with E-state index in [2.05, 4.69) is 59.7 Å². The van der Waals surface area contributed by atoms with Crippen LogP contribution in [0.1, 0.15) is 32.2 Å². The van der Waals surface area contributed by atoms with Crippen LogP contribution < -0.4 is 17.0 Å². The lowest BCUT2D eigenvalue weighted by atomic mass is 10.0. The molecule has 6 N–H and O–H groups in total. The number of halogens is 1. The summed E-state index contributed by atoms with van der Waals surface area (Å²) in [5, 5.41) is 17.1. The Kier molecular flexibility index (Phi) is 10.1. The highest BCUT2D eigenvalue weighted by atomic mass is 32.7. The SMILES string of the molecule is C[C@]1(COP(=O)(S)O[C@@H]2[C@@H](F)[C@@H](CCO)O[C@H]2n2nnc3c(=O)[nH]c(N)nc32)C[C@@H](OCO[PH](=O)S)[C@H](n2cnc3c(N)ncnc32)O1. The summed E-state index contributed by atoms with van der Waals surface area (Å²) in [6.07, 6.45) is -5.40. The number of nitrogens with one attached hydrogen (secondary N) is 1. The lowest BCUT2D eigenvalue weighted by Gasteiger charge is -2.27. The molecule has 4 aromatic heterocycles. The fraction of sp³-hybridized carbons (Fsp3) is 0.591. The number of anilines is 2. The van der Waals surface area contributed by atoms with Gasteiger partial charge in [0.05, 0.1) is 24.6 Å². The summed E-state index contributed by atoms with van der Waals surface area (Å²) in [5.74, 6) is -0.132. The van der Waals surface area contributed by atoms with E-state index in [4.69, 9.17) is 39.2 Å². The molecule has 26 heteroatoms. The normalized spacial score (nSPS) is 29.5. The molecule has 2 aliphatic rings. The highest BCUT2D eigenvalue weighted by Crippen LogP contribution is 2.58. The molecular formula is C22H30FN11O10P2S2. The number of fused-ring (bicyclic) bond motifs is 2. The van der Waals surface area contributed by atoms with E-state index >= 15 is 4.39 Å². The van der Waals surface area contributed by atoms with Crippen LogP contribution in [0.5, 0.6) is 0 Å². The molecule has 6 rings (SSSR count). The topological polar surface area (TPSA) is 282 Å². The molecular weight excluding hydrogens is 723 g/mol. The number of hydrogen-bond donors (Lipinski definition) is 6. The largest absolute Gasteiger partial charge is 0.396 e. The van der Waals surface area contributed by atoms with Crippen molar-refractivity contribution in [2.75, 3.05) is 31.5 Å². The van der Waals surface area contributed by atoms with Crippen LogP contribution in [0.2, 0.25) is 0 Å². The van der Waals surface area contributed by atoms with E-state index in [9.17, 15) is 19.0 Å². The van der Waals surface area contributed by atoms with E-state index in [0.29, 0.717) is 11.2 Å². The van der Waals surface area contributed by atoms with Gasteiger partial charge >= 0.3 is 6.80 Å². The van der Waals surface area contributed by atoms with Crippen molar-refractivity contribution in [3.8, 4) is 0 Å². The van der Waals surface area contributed by atoms with Crippen molar-refractivity contribution in [2.24, 2.45) is 0 Å². The maximum Gasteiger partial charge on any atom is 0.386 e. The van der Waals surface area contributed by atoms with Gasteiger partial charge in [0.2, 0.25) is 13.2 Å². The molecule has 4 aromatic rings. The van der Waals surface area contributed by atoms with Crippen molar-refractivity contribution >= 4 is 72.6 Å². The Balaban J connectivity index is 1.22. The van der Waals surface area contributed by atoms with Crippen molar-refractivity contribution in [1.29, 1.82) is 0 Å². The second-order valence-corrected chi connectivity index (χ2v) is 15.8. The summed E-state index contributed by atoms with van der Waals surface area (Å²) in [5.41, 5.74) is 9.94. The summed E-state index contributed by atoms with van der Waals surface area (Å²) >= 11 is 7.84.